The van der Waals surface area contributed by atoms with Crippen molar-refractivity contribution < 1.29 is 22.3 Å². The summed E-state index contributed by atoms with van der Waals surface area (Å²) in [5.41, 5.74) is 6.70. The summed E-state index contributed by atoms with van der Waals surface area (Å²) in [7, 11) is 1.84. The zero-order chi connectivity index (χ0) is 31.5. The van der Waals surface area contributed by atoms with Crippen molar-refractivity contribution in [1.29, 1.82) is 0 Å². The Bertz CT molecular complexity index is 1410. The number of fused-ring (bicyclic) bond motifs is 2. The maximum atomic E-state index is 13.6. The van der Waals surface area contributed by atoms with Gasteiger partial charge < -0.3 is 19.1 Å². The number of rotatable bonds is 6. The maximum Gasteiger partial charge on any atom is 0.264 e. The molecule has 3 aliphatic heterocycles. The number of aryl methyl sites for hydroxylation is 3. The van der Waals surface area contributed by atoms with Crippen molar-refractivity contribution in [3.8, 4) is 11.3 Å². The first kappa shape index (κ1) is 32.3. The molecule has 1 saturated heterocycles. The minimum absolute atomic E-state index is 0.0741. The van der Waals surface area contributed by atoms with Crippen LogP contribution in [0.4, 0.5) is 28.9 Å². The Morgan fingerprint density at radius 2 is 1.32 bits per heavy atom. The molecule has 1 aromatic heterocycles. The Morgan fingerprint density at radius 1 is 0.773 bits per heavy atom. The molecule has 2 aromatic carbocycles. The Hall–Kier alpha value is -3.07. The van der Waals surface area contributed by atoms with Gasteiger partial charge in [0.2, 0.25) is 0 Å². The van der Waals surface area contributed by atoms with Gasteiger partial charge in [0, 0.05) is 79.7 Å². The average Bonchev–Trinajstić information content (AvgIpc) is 3.45. The fourth-order valence-corrected chi connectivity index (χ4v) is 6.95. The van der Waals surface area contributed by atoms with Crippen LogP contribution in [0.15, 0.2) is 36.8 Å². The summed E-state index contributed by atoms with van der Waals surface area (Å²) in [5, 5.41) is 0. The summed E-state index contributed by atoms with van der Waals surface area (Å²) in [4.78, 5) is 8.73. The van der Waals surface area contributed by atoms with Gasteiger partial charge in [0.25, 0.3) is 12.9 Å². The van der Waals surface area contributed by atoms with Crippen LogP contribution in [0.3, 0.4) is 0 Å². The zero-order valence-corrected chi connectivity index (χ0v) is 26.6. The van der Waals surface area contributed by atoms with Crippen LogP contribution in [0.25, 0.3) is 11.3 Å². The first-order chi connectivity index (χ1) is 21.0. The highest BCUT2D eigenvalue weighted by atomic mass is 19.3. The monoisotopic (exact) mass is 614 g/mol. The number of hydrogen-bond acceptors (Lipinski definition) is 4. The number of benzene rings is 2. The molecule has 5 nitrogen and oxygen atoms in total. The van der Waals surface area contributed by atoms with E-state index in [1.54, 1.807) is 29.2 Å². The van der Waals surface area contributed by atoms with Crippen LogP contribution in [-0.2, 0) is 24.6 Å². The molecule has 0 amide bonds. The van der Waals surface area contributed by atoms with Crippen molar-refractivity contribution >= 4 is 11.4 Å². The van der Waals surface area contributed by atoms with Gasteiger partial charge in [-0.1, -0.05) is 6.07 Å². The van der Waals surface area contributed by atoms with Crippen molar-refractivity contribution in [2.45, 2.75) is 97.1 Å². The third-order valence-electron chi connectivity index (χ3n) is 9.20. The van der Waals surface area contributed by atoms with Crippen LogP contribution in [0, 0.1) is 0 Å². The summed E-state index contributed by atoms with van der Waals surface area (Å²) in [6.07, 6.45) is 4.32. The number of hydrogen-bond donors (Lipinski definition) is 0. The molecule has 4 heterocycles. The molecule has 3 aromatic rings. The second kappa shape index (κ2) is 13.9. The van der Waals surface area contributed by atoms with Crippen molar-refractivity contribution in [2.24, 2.45) is 7.05 Å². The normalized spacial score (nSPS) is 17.3. The number of aromatic nitrogens is 2. The minimum Gasteiger partial charge on any atom is -0.381 e. The van der Waals surface area contributed by atoms with Crippen LogP contribution in [-0.4, -0.2) is 47.9 Å². The number of anilines is 2. The lowest BCUT2D eigenvalue weighted by molar-refractivity contribution is 0.0835. The lowest BCUT2D eigenvalue weighted by Crippen LogP contribution is -2.35. The molecular formula is C35H46F4N4O. The Labute approximate surface area is 259 Å². The summed E-state index contributed by atoms with van der Waals surface area (Å²) in [6, 6.07) is 8.08. The molecule has 0 saturated carbocycles. The van der Waals surface area contributed by atoms with Gasteiger partial charge in [-0.2, -0.15) is 0 Å². The molecule has 0 N–H and O–H groups in total. The molecule has 3 aliphatic rings. The lowest BCUT2D eigenvalue weighted by Gasteiger charge is -2.36. The molecule has 0 spiro atoms. The van der Waals surface area contributed by atoms with Crippen LogP contribution in [0.5, 0.6) is 0 Å². The molecule has 0 aliphatic carbocycles. The smallest absolute Gasteiger partial charge is 0.264 e. The zero-order valence-electron chi connectivity index (χ0n) is 26.6. The van der Waals surface area contributed by atoms with E-state index in [-0.39, 0.29) is 17.0 Å². The van der Waals surface area contributed by atoms with E-state index >= 15 is 0 Å². The molecule has 0 bridgehead atoms. The SMILES string of the molecule is CC(C)N1CCCc2cc(-c3cn(C)cn3)c(C(F)F)cc21.CC(C)N1CCCc2cc(C3CCOCC3)c(C(F)F)cc21. The molecule has 240 valence electrons. The quantitative estimate of drug-likeness (QED) is 0.260. The van der Waals surface area contributed by atoms with E-state index in [4.69, 9.17) is 4.74 Å². The molecule has 44 heavy (non-hydrogen) atoms. The van der Waals surface area contributed by atoms with Gasteiger partial charge in [-0.25, -0.2) is 22.5 Å². The van der Waals surface area contributed by atoms with Gasteiger partial charge in [-0.3, -0.25) is 0 Å². The van der Waals surface area contributed by atoms with Crippen molar-refractivity contribution in [2.75, 3.05) is 36.1 Å². The summed E-state index contributed by atoms with van der Waals surface area (Å²) in [5.74, 6) is 0.220. The number of imidazole rings is 1. The molecule has 0 radical (unpaired) electrons. The van der Waals surface area contributed by atoms with Gasteiger partial charge in [-0.15, -0.1) is 0 Å². The second-order valence-corrected chi connectivity index (χ2v) is 12.9. The van der Waals surface area contributed by atoms with Crippen LogP contribution < -0.4 is 9.80 Å². The molecule has 0 unspecified atom stereocenters. The topological polar surface area (TPSA) is 33.5 Å². The van der Waals surface area contributed by atoms with Gasteiger partial charge in [0.05, 0.1) is 12.0 Å². The molecule has 6 rings (SSSR count). The van der Waals surface area contributed by atoms with E-state index in [2.05, 4.69) is 48.5 Å². The van der Waals surface area contributed by atoms with Gasteiger partial charge in [0.15, 0.2) is 0 Å². The minimum atomic E-state index is -2.50. The van der Waals surface area contributed by atoms with E-state index in [0.29, 0.717) is 36.6 Å². The summed E-state index contributed by atoms with van der Waals surface area (Å²) >= 11 is 0. The molecule has 0 atom stereocenters. The Morgan fingerprint density at radius 3 is 1.82 bits per heavy atom. The van der Waals surface area contributed by atoms with Crippen molar-refractivity contribution in [3.05, 3.63) is 64.6 Å². The van der Waals surface area contributed by atoms with Crippen LogP contribution in [0.2, 0.25) is 0 Å². The Kier molecular flexibility index (Phi) is 10.2. The van der Waals surface area contributed by atoms with Crippen molar-refractivity contribution in [1.82, 2.24) is 9.55 Å². The largest absolute Gasteiger partial charge is 0.381 e. The third kappa shape index (κ3) is 6.93. The van der Waals surface area contributed by atoms with E-state index in [1.807, 2.05) is 13.1 Å². The second-order valence-electron chi connectivity index (χ2n) is 12.9. The summed E-state index contributed by atoms with van der Waals surface area (Å²) < 4.78 is 61.6. The first-order valence-electron chi connectivity index (χ1n) is 16.0. The fraction of sp³-hybridized carbons (Fsp3) is 0.571. The Balaban J connectivity index is 0.000000175. The molecule has 1 fully saturated rings. The third-order valence-corrected chi connectivity index (χ3v) is 9.20. The van der Waals surface area contributed by atoms with Crippen LogP contribution in [0.1, 0.15) is 100.0 Å². The predicted molar refractivity (Wildman–Crippen MR) is 169 cm³/mol. The average molecular weight is 615 g/mol. The van der Waals surface area contributed by atoms with Gasteiger partial charge in [-0.05, 0) is 107 Å². The highest BCUT2D eigenvalue weighted by Gasteiger charge is 2.28. The summed E-state index contributed by atoms with van der Waals surface area (Å²) in [6.45, 7) is 11.7. The number of alkyl halides is 4. The molecular weight excluding hydrogens is 568 g/mol. The highest BCUT2D eigenvalue weighted by Crippen LogP contribution is 2.41. The number of nitrogens with zero attached hydrogens (tertiary/aromatic N) is 4. The highest BCUT2D eigenvalue weighted by molar-refractivity contribution is 5.72. The van der Waals surface area contributed by atoms with E-state index < -0.39 is 12.9 Å². The number of ether oxygens (including phenoxy) is 1. The first-order valence-corrected chi connectivity index (χ1v) is 16.0. The number of halogens is 4. The fourth-order valence-electron chi connectivity index (χ4n) is 6.95. The predicted octanol–water partition coefficient (Wildman–Crippen LogP) is 8.86. The van der Waals surface area contributed by atoms with Crippen molar-refractivity contribution in [3.63, 3.8) is 0 Å². The van der Waals surface area contributed by atoms with E-state index in [9.17, 15) is 17.6 Å². The van der Waals surface area contributed by atoms with E-state index in [1.165, 1.54) is 5.56 Å². The van der Waals surface area contributed by atoms with Gasteiger partial charge in [0.1, 0.15) is 0 Å². The van der Waals surface area contributed by atoms with Gasteiger partial charge >= 0.3 is 0 Å². The van der Waals surface area contributed by atoms with E-state index in [0.717, 1.165) is 74.1 Å². The maximum absolute atomic E-state index is 13.6. The lowest BCUT2D eigenvalue weighted by atomic mass is 9.85. The molecule has 9 heteroatoms. The van der Waals surface area contributed by atoms with Crippen LogP contribution >= 0.6 is 0 Å². The standard InChI is InChI=1S/C18H25F2NO.C17H21F2N3/c1-12(2)21-7-3-4-14-10-15(13-5-8-22-9-6-13)16(18(19)20)11-17(14)21;1-11(2)22-6-4-5-12-7-13(15-9-21(3)10-20-15)14(17(18)19)8-16(12)22/h10-13,18H,3-9H2,1-2H3;7-11,17H,4-6H2,1-3H3.